The monoisotopic (exact) mass is 496 g/mol. The summed E-state index contributed by atoms with van der Waals surface area (Å²) in [5, 5.41) is 3.18. The molecule has 2 amide bonds. The molecule has 0 aromatic heterocycles. The van der Waals surface area contributed by atoms with E-state index in [0.717, 1.165) is 50.0 Å². The number of ether oxygens (including phenoxy) is 2. The number of carbonyl (C=O) groups is 2. The first kappa shape index (κ1) is 23.8. The van der Waals surface area contributed by atoms with E-state index in [1.807, 2.05) is 24.3 Å². The first-order valence-corrected chi connectivity index (χ1v) is 13.5. The maximum atomic E-state index is 14.6. The van der Waals surface area contributed by atoms with Crippen LogP contribution in [0.3, 0.4) is 0 Å². The molecule has 2 heterocycles. The van der Waals surface area contributed by atoms with Gasteiger partial charge >= 0.3 is 0 Å². The molecule has 1 aromatic rings. The van der Waals surface area contributed by atoms with Gasteiger partial charge in [0, 0.05) is 24.4 Å². The number of amides is 2. The van der Waals surface area contributed by atoms with Crippen molar-refractivity contribution in [3.63, 3.8) is 0 Å². The average molecular weight is 497 g/mol. The van der Waals surface area contributed by atoms with Crippen molar-refractivity contribution in [3.05, 3.63) is 36.2 Å². The average Bonchev–Trinajstić information content (AvgIpc) is 3.23. The Labute approximate surface area is 212 Å². The lowest BCUT2D eigenvalue weighted by atomic mass is 9.47. The number of nitrogens with zero attached hydrogens (tertiary/aromatic N) is 1. The highest BCUT2D eigenvalue weighted by Gasteiger charge is 2.62. The number of benzene rings is 1. The van der Waals surface area contributed by atoms with E-state index in [2.05, 4.69) is 19.2 Å². The van der Waals surface area contributed by atoms with Crippen molar-refractivity contribution in [2.45, 2.75) is 64.5 Å². The lowest BCUT2D eigenvalue weighted by molar-refractivity contribution is -0.145. The van der Waals surface area contributed by atoms with Crippen LogP contribution in [0.4, 0.5) is 4.39 Å². The number of halogens is 1. The number of likely N-dealkylation sites (N-methyl/N-ethyl adjacent to an activating group) is 1. The minimum Gasteiger partial charge on any atom is -0.486 e. The number of rotatable bonds is 3. The van der Waals surface area contributed by atoms with Crippen molar-refractivity contribution in [1.82, 2.24) is 10.2 Å². The Balaban J connectivity index is 1.14. The van der Waals surface area contributed by atoms with Crippen molar-refractivity contribution in [2.24, 2.45) is 34.5 Å². The molecule has 0 bridgehead atoms. The van der Waals surface area contributed by atoms with Crippen molar-refractivity contribution >= 4 is 11.8 Å². The quantitative estimate of drug-likeness (QED) is 0.669. The van der Waals surface area contributed by atoms with Crippen LogP contribution >= 0.6 is 0 Å². The molecule has 0 saturated heterocycles. The summed E-state index contributed by atoms with van der Waals surface area (Å²) in [5.41, 5.74) is -0.393. The zero-order valence-corrected chi connectivity index (χ0v) is 21.5. The number of carbonyl (C=O) groups excluding carboxylic acids is 2. The van der Waals surface area contributed by atoms with Gasteiger partial charge in [-0.05, 0) is 79.9 Å². The number of hydrogen-bond acceptors (Lipinski definition) is 4. The number of fused-ring (bicyclic) bond motifs is 6. The molecule has 8 atom stereocenters. The molecule has 3 fully saturated rings. The molecule has 3 saturated carbocycles. The molecule has 6 rings (SSSR count). The van der Waals surface area contributed by atoms with Gasteiger partial charge < -0.3 is 19.7 Å². The molecule has 194 valence electrons. The van der Waals surface area contributed by atoms with Crippen molar-refractivity contribution in [3.8, 4) is 11.5 Å². The summed E-state index contributed by atoms with van der Waals surface area (Å²) in [7, 11) is 1.75. The molecule has 1 unspecified atom stereocenters. The first-order chi connectivity index (χ1) is 17.2. The van der Waals surface area contributed by atoms with Gasteiger partial charge in [-0.1, -0.05) is 26.0 Å². The highest BCUT2D eigenvalue weighted by molar-refractivity contribution is 5.92. The zero-order chi connectivity index (χ0) is 25.2. The van der Waals surface area contributed by atoms with Crippen LogP contribution in [0.25, 0.3) is 0 Å². The lowest BCUT2D eigenvalue weighted by Crippen LogP contribution is -2.60. The van der Waals surface area contributed by atoms with Gasteiger partial charge in [0.25, 0.3) is 5.91 Å². The van der Waals surface area contributed by atoms with E-state index >= 15 is 0 Å². The van der Waals surface area contributed by atoms with Gasteiger partial charge in [-0.15, -0.1) is 0 Å². The van der Waals surface area contributed by atoms with Gasteiger partial charge in [0.2, 0.25) is 5.91 Å². The van der Waals surface area contributed by atoms with E-state index in [-0.39, 0.29) is 34.8 Å². The Morgan fingerprint density at radius 1 is 1.11 bits per heavy atom. The molecule has 1 N–H and O–H groups in total. The summed E-state index contributed by atoms with van der Waals surface area (Å²) >= 11 is 0. The van der Waals surface area contributed by atoms with Crippen LogP contribution in [-0.2, 0) is 9.59 Å². The van der Waals surface area contributed by atoms with Gasteiger partial charge in [0.1, 0.15) is 12.7 Å². The maximum Gasteiger partial charge on any atom is 0.282 e. The summed E-state index contributed by atoms with van der Waals surface area (Å²) < 4.78 is 26.5. The minimum atomic E-state index is -0.606. The second kappa shape index (κ2) is 8.49. The molecule has 6 nitrogen and oxygen atoms in total. The molecular weight excluding hydrogens is 459 g/mol. The SMILES string of the molecule is CN1C(=O)C(F)=C[C@]2(C)[C@H]3CC[C@]4(C)[C@@H](C(=O)NCC5COc6ccccc6O5)CC[C@H]4[C@@H]3CC[C@@H]12. The normalized spacial score (nSPS) is 41.1. The predicted molar refractivity (Wildman–Crippen MR) is 133 cm³/mol. The zero-order valence-electron chi connectivity index (χ0n) is 21.5. The van der Waals surface area contributed by atoms with Crippen LogP contribution in [0, 0.1) is 34.5 Å². The third-order valence-electron chi connectivity index (χ3n) is 10.5. The highest BCUT2D eigenvalue weighted by atomic mass is 19.1. The van der Waals surface area contributed by atoms with Crippen molar-refractivity contribution in [2.75, 3.05) is 20.2 Å². The highest BCUT2D eigenvalue weighted by Crippen LogP contribution is 2.65. The van der Waals surface area contributed by atoms with Crippen molar-refractivity contribution < 1.29 is 23.5 Å². The molecule has 36 heavy (non-hydrogen) atoms. The van der Waals surface area contributed by atoms with Gasteiger partial charge in [-0.25, -0.2) is 4.39 Å². The third kappa shape index (κ3) is 3.48. The van der Waals surface area contributed by atoms with E-state index < -0.39 is 11.7 Å². The van der Waals surface area contributed by atoms with E-state index in [1.165, 1.54) is 0 Å². The van der Waals surface area contributed by atoms with Crippen LogP contribution < -0.4 is 14.8 Å². The van der Waals surface area contributed by atoms with E-state index in [1.54, 1.807) is 18.0 Å². The fraction of sp³-hybridized carbons (Fsp3) is 0.655. The number of para-hydroxylation sites is 2. The third-order valence-corrected chi connectivity index (χ3v) is 10.5. The summed E-state index contributed by atoms with van der Waals surface area (Å²) in [6.45, 7) is 5.32. The summed E-state index contributed by atoms with van der Waals surface area (Å²) in [6.07, 6.45) is 7.24. The van der Waals surface area contributed by atoms with Crippen LogP contribution in [0.15, 0.2) is 36.2 Å². The largest absolute Gasteiger partial charge is 0.486 e. The Morgan fingerprint density at radius 2 is 1.89 bits per heavy atom. The molecule has 3 aliphatic carbocycles. The first-order valence-electron chi connectivity index (χ1n) is 13.5. The molecule has 5 aliphatic rings. The lowest BCUT2D eigenvalue weighted by Gasteiger charge is -2.60. The Kier molecular flexibility index (Phi) is 5.61. The Bertz CT molecular complexity index is 1110. The van der Waals surface area contributed by atoms with Crippen LogP contribution in [0.5, 0.6) is 11.5 Å². The standard InChI is InChI=1S/C29H37FN2O4/c1-28-13-12-20-18(8-11-25-29(20,2)14-22(30)27(34)32(25)3)19(28)9-10-21(28)26(33)31-15-17-16-35-23-6-4-5-7-24(23)36-17/h4-7,14,17-21,25H,8-13,15-16H2,1-3H3,(H,31,33)/t17?,18-,19-,20-,21+,25+,28-,29+/m0/s1. The molecule has 0 radical (unpaired) electrons. The maximum absolute atomic E-state index is 14.6. The molecule has 0 spiro atoms. The van der Waals surface area contributed by atoms with E-state index in [4.69, 9.17) is 9.47 Å². The summed E-state index contributed by atoms with van der Waals surface area (Å²) in [6, 6.07) is 7.67. The smallest absolute Gasteiger partial charge is 0.282 e. The second-order valence-electron chi connectivity index (χ2n) is 12.2. The Morgan fingerprint density at radius 3 is 2.69 bits per heavy atom. The van der Waals surface area contributed by atoms with Crippen molar-refractivity contribution in [1.29, 1.82) is 0 Å². The summed E-state index contributed by atoms with van der Waals surface area (Å²) in [5.74, 6) is 1.72. The minimum absolute atomic E-state index is 0.0198. The van der Waals surface area contributed by atoms with Gasteiger partial charge in [-0.2, -0.15) is 0 Å². The molecule has 2 aliphatic heterocycles. The summed E-state index contributed by atoms with van der Waals surface area (Å²) in [4.78, 5) is 27.4. The van der Waals surface area contributed by atoms with Gasteiger partial charge in [-0.3, -0.25) is 9.59 Å². The van der Waals surface area contributed by atoms with Crippen LogP contribution in [0.2, 0.25) is 0 Å². The van der Waals surface area contributed by atoms with E-state index in [0.29, 0.717) is 30.9 Å². The predicted octanol–water partition coefficient (Wildman–Crippen LogP) is 4.50. The topological polar surface area (TPSA) is 67.9 Å². The van der Waals surface area contributed by atoms with Gasteiger partial charge in [0.15, 0.2) is 17.3 Å². The van der Waals surface area contributed by atoms with Gasteiger partial charge in [0.05, 0.1) is 6.54 Å². The van der Waals surface area contributed by atoms with Crippen LogP contribution in [0.1, 0.15) is 52.4 Å². The molecular formula is C29H37FN2O4. The fourth-order valence-corrected chi connectivity index (χ4v) is 8.76. The number of nitrogens with one attached hydrogen (secondary N) is 1. The Hall–Kier alpha value is -2.57. The molecule has 1 aromatic carbocycles. The van der Waals surface area contributed by atoms with Crippen LogP contribution in [-0.4, -0.2) is 49.1 Å². The second-order valence-corrected chi connectivity index (χ2v) is 12.2. The molecule has 7 heteroatoms. The van der Waals surface area contributed by atoms with E-state index in [9.17, 15) is 14.0 Å². The fourth-order valence-electron chi connectivity index (χ4n) is 8.76. The number of hydrogen-bond donors (Lipinski definition) is 1.